The molecule has 0 saturated heterocycles. The van der Waals surface area contributed by atoms with Gasteiger partial charge < -0.3 is 0 Å². The summed E-state index contributed by atoms with van der Waals surface area (Å²) in [4.78, 5) is 23.6. The van der Waals surface area contributed by atoms with Crippen LogP contribution in [0.15, 0.2) is 60.7 Å². The van der Waals surface area contributed by atoms with Gasteiger partial charge in [-0.2, -0.15) is 0 Å². The number of hydrogen-bond acceptors (Lipinski definition) is 3. The Morgan fingerprint density at radius 1 is 0.714 bits per heavy atom. The first kappa shape index (κ1) is 14.7. The SMILES string of the molecule is O=C(NNC(=S)NC(=O)c1ccccc1)c1ccccc1. The van der Waals surface area contributed by atoms with Gasteiger partial charge in [0, 0.05) is 11.1 Å². The van der Waals surface area contributed by atoms with Crippen LogP contribution in [0.1, 0.15) is 20.7 Å². The smallest absolute Gasteiger partial charge is 0.269 e. The van der Waals surface area contributed by atoms with Crippen molar-refractivity contribution in [1.29, 1.82) is 0 Å². The Kier molecular flexibility index (Phi) is 5.00. The molecule has 0 atom stereocenters. The van der Waals surface area contributed by atoms with Gasteiger partial charge in [-0.3, -0.25) is 25.8 Å². The van der Waals surface area contributed by atoms with E-state index in [0.29, 0.717) is 11.1 Å². The van der Waals surface area contributed by atoms with Crippen molar-refractivity contribution < 1.29 is 9.59 Å². The molecule has 0 spiro atoms. The van der Waals surface area contributed by atoms with Crippen LogP contribution in [0.4, 0.5) is 0 Å². The van der Waals surface area contributed by atoms with Gasteiger partial charge in [0.1, 0.15) is 0 Å². The van der Waals surface area contributed by atoms with Crippen LogP contribution in [0.3, 0.4) is 0 Å². The Morgan fingerprint density at radius 2 is 1.19 bits per heavy atom. The van der Waals surface area contributed by atoms with Crippen LogP contribution in [-0.2, 0) is 0 Å². The molecule has 2 aromatic rings. The predicted molar refractivity (Wildman–Crippen MR) is 83.6 cm³/mol. The van der Waals surface area contributed by atoms with Gasteiger partial charge in [0.05, 0.1) is 0 Å². The van der Waals surface area contributed by atoms with E-state index in [2.05, 4.69) is 16.2 Å². The lowest BCUT2D eigenvalue weighted by atomic mass is 10.2. The second-order valence-corrected chi connectivity index (χ2v) is 4.50. The Labute approximate surface area is 127 Å². The zero-order chi connectivity index (χ0) is 15.1. The summed E-state index contributed by atoms with van der Waals surface area (Å²) in [5.41, 5.74) is 5.86. The van der Waals surface area contributed by atoms with E-state index in [1.807, 2.05) is 12.1 Å². The van der Waals surface area contributed by atoms with Crippen molar-refractivity contribution in [3.8, 4) is 0 Å². The van der Waals surface area contributed by atoms with E-state index < -0.39 is 0 Å². The van der Waals surface area contributed by atoms with Crippen molar-refractivity contribution in [2.45, 2.75) is 0 Å². The van der Waals surface area contributed by atoms with Gasteiger partial charge in [0.2, 0.25) is 0 Å². The quantitative estimate of drug-likeness (QED) is 0.582. The molecule has 0 aliphatic carbocycles. The van der Waals surface area contributed by atoms with Gasteiger partial charge in [-0.05, 0) is 36.5 Å². The van der Waals surface area contributed by atoms with Gasteiger partial charge in [-0.1, -0.05) is 36.4 Å². The van der Waals surface area contributed by atoms with Crippen LogP contribution in [0.25, 0.3) is 0 Å². The molecule has 0 heterocycles. The maximum Gasteiger partial charge on any atom is 0.269 e. The Bertz CT molecular complexity index is 644. The summed E-state index contributed by atoms with van der Waals surface area (Å²) >= 11 is 4.94. The van der Waals surface area contributed by atoms with E-state index in [-0.39, 0.29) is 16.9 Å². The van der Waals surface area contributed by atoms with Gasteiger partial charge in [0.25, 0.3) is 11.8 Å². The topological polar surface area (TPSA) is 70.2 Å². The number of nitrogens with one attached hydrogen (secondary N) is 3. The van der Waals surface area contributed by atoms with Crippen molar-refractivity contribution in [3.63, 3.8) is 0 Å². The summed E-state index contributed by atoms with van der Waals surface area (Å²) in [7, 11) is 0. The van der Waals surface area contributed by atoms with Crippen LogP contribution >= 0.6 is 12.2 Å². The maximum atomic E-state index is 11.8. The van der Waals surface area contributed by atoms with Crippen LogP contribution in [0, 0.1) is 0 Å². The van der Waals surface area contributed by atoms with E-state index in [1.165, 1.54) is 0 Å². The number of amides is 2. The molecule has 0 bridgehead atoms. The van der Waals surface area contributed by atoms with Crippen LogP contribution in [0.2, 0.25) is 0 Å². The summed E-state index contributed by atoms with van der Waals surface area (Å²) in [5, 5.41) is 2.49. The van der Waals surface area contributed by atoms with Crippen LogP contribution in [-0.4, -0.2) is 16.9 Å². The van der Waals surface area contributed by atoms with E-state index in [1.54, 1.807) is 48.5 Å². The number of carbonyl (C=O) groups excluding carboxylic acids is 2. The number of benzene rings is 2. The number of rotatable bonds is 2. The van der Waals surface area contributed by atoms with E-state index in [4.69, 9.17) is 12.2 Å². The monoisotopic (exact) mass is 299 g/mol. The highest BCUT2D eigenvalue weighted by Crippen LogP contribution is 1.98. The molecule has 0 unspecified atom stereocenters. The van der Waals surface area contributed by atoms with E-state index >= 15 is 0 Å². The normalized spacial score (nSPS) is 9.52. The summed E-state index contributed by atoms with van der Waals surface area (Å²) in [5.74, 6) is -0.686. The molecule has 2 aromatic carbocycles. The molecule has 0 aliphatic rings. The third kappa shape index (κ3) is 4.39. The Morgan fingerprint density at radius 3 is 1.71 bits per heavy atom. The molecule has 0 aliphatic heterocycles. The predicted octanol–water partition coefficient (Wildman–Crippen LogP) is 1.64. The minimum atomic E-state index is -0.345. The first-order valence-electron chi connectivity index (χ1n) is 6.18. The molecule has 2 rings (SSSR count). The van der Waals surface area contributed by atoms with E-state index in [9.17, 15) is 9.59 Å². The third-order valence-electron chi connectivity index (χ3n) is 2.59. The molecule has 2 amide bonds. The van der Waals surface area contributed by atoms with Crippen molar-refractivity contribution in [2.75, 3.05) is 0 Å². The highest BCUT2D eigenvalue weighted by atomic mass is 32.1. The van der Waals surface area contributed by atoms with Gasteiger partial charge in [-0.15, -0.1) is 0 Å². The summed E-state index contributed by atoms with van der Waals surface area (Å²) in [6.07, 6.45) is 0. The lowest BCUT2D eigenvalue weighted by molar-refractivity contribution is 0.0934. The number of carbonyl (C=O) groups is 2. The summed E-state index contributed by atoms with van der Waals surface area (Å²) < 4.78 is 0. The molecule has 6 heteroatoms. The van der Waals surface area contributed by atoms with E-state index in [0.717, 1.165) is 0 Å². The summed E-state index contributed by atoms with van der Waals surface area (Å²) in [6, 6.07) is 17.3. The second kappa shape index (κ2) is 7.16. The fourth-order valence-corrected chi connectivity index (χ4v) is 1.72. The van der Waals surface area contributed by atoms with Crippen LogP contribution < -0.4 is 16.2 Å². The maximum absolute atomic E-state index is 11.8. The van der Waals surface area contributed by atoms with Crippen molar-refractivity contribution >= 4 is 29.1 Å². The van der Waals surface area contributed by atoms with Gasteiger partial charge >= 0.3 is 0 Å². The first-order chi connectivity index (χ1) is 10.2. The average Bonchev–Trinajstić information content (AvgIpc) is 2.54. The first-order valence-corrected chi connectivity index (χ1v) is 6.59. The number of hydrogen-bond donors (Lipinski definition) is 3. The lowest BCUT2D eigenvalue weighted by Gasteiger charge is -2.10. The fraction of sp³-hybridized carbons (Fsp3) is 0. The van der Waals surface area contributed by atoms with Crippen molar-refractivity contribution in [1.82, 2.24) is 16.2 Å². The number of thiocarbonyl (C=S) groups is 1. The zero-order valence-corrected chi connectivity index (χ0v) is 11.8. The molecule has 106 valence electrons. The summed E-state index contributed by atoms with van der Waals surface area (Å²) in [6.45, 7) is 0. The molecule has 21 heavy (non-hydrogen) atoms. The lowest BCUT2D eigenvalue weighted by Crippen LogP contribution is -2.48. The number of hydrazine groups is 1. The molecular formula is C15H13N3O2S. The van der Waals surface area contributed by atoms with Gasteiger partial charge in [-0.25, -0.2) is 0 Å². The Balaban J connectivity index is 1.83. The standard InChI is InChI=1S/C15H13N3O2S/c19-13(11-7-3-1-4-8-11)16-15(21)18-17-14(20)12-9-5-2-6-10-12/h1-10H,(H,17,20)(H2,16,18,19,21). The third-order valence-corrected chi connectivity index (χ3v) is 2.79. The highest BCUT2D eigenvalue weighted by molar-refractivity contribution is 7.80. The fourth-order valence-electron chi connectivity index (χ4n) is 1.57. The minimum absolute atomic E-state index is 0.0214. The molecular weight excluding hydrogens is 286 g/mol. The molecule has 0 radical (unpaired) electrons. The molecule has 3 N–H and O–H groups in total. The largest absolute Gasteiger partial charge is 0.298 e. The van der Waals surface area contributed by atoms with Crippen molar-refractivity contribution in [2.24, 2.45) is 0 Å². The van der Waals surface area contributed by atoms with Crippen LogP contribution in [0.5, 0.6) is 0 Å². The molecule has 0 fully saturated rings. The second-order valence-electron chi connectivity index (χ2n) is 4.09. The molecule has 5 nitrogen and oxygen atoms in total. The molecule has 0 aromatic heterocycles. The minimum Gasteiger partial charge on any atom is -0.298 e. The zero-order valence-electron chi connectivity index (χ0n) is 11.0. The molecule has 0 saturated carbocycles. The average molecular weight is 299 g/mol. The van der Waals surface area contributed by atoms with Crippen molar-refractivity contribution in [3.05, 3.63) is 71.8 Å². The Hall–Kier alpha value is -2.73. The highest BCUT2D eigenvalue weighted by Gasteiger charge is 2.08. The van der Waals surface area contributed by atoms with Gasteiger partial charge in [0.15, 0.2) is 5.11 Å².